The molecule has 3 nitrogen and oxygen atoms in total. The lowest BCUT2D eigenvalue weighted by Gasteiger charge is -1.97. The van der Waals surface area contributed by atoms with Crippen LogP contribution in [0.3, 0.4) is 0 Å². The minimum Gasteiger partial charge on any atom is -0.247 e. The van der Waals surface area contributed by atoms with Crippen LogP contribution in [-0.4, -0.2) is 13.4 Å². The molecule has 0 atom stereocenters. The van der Waals surface area contributed by atoms with Crippen LogP contribution >= 0.6 is 33.3 Å². The number of nitrogens with zero attached hydrogens (tertiary/aromatic N) is 1. The smallest absolute Gasteiger partial charge is 0.247 e. The Morgan fingerprint density at radius 2 is 2.17 bits per heavy atom. The highest BCUT2D eigenvalue weighted by Gasteiger charge is 2.16. The third-order valence-electron chi connectivity index (χ3n) is 1.05. The molecular formula is C5H2ClFINO2S. The SMILES string of the molecule is O=S(=O)(Cl)c1cc(I)ncc1F. The van der Waals surface area contributed by atoms with Crippen molar-refractivity contribution < 1.29 is 12.8 Å². The first kappa shape index (κ1) is 10.1. The second kappa shape index (κ2) is 3.43. The summed E-state index contributed by atoms with van der Waals surface area (Å²) in [5, 5.41) is 0. The molecule has 1 rings (SSSR count). The van der Waals surface area contributed by atoms with Gasteiger partial charge in [0.15, 0.2) is 5.82 Å². The topological polar surface area (TPSA) is 47.0 Å². The Labute approximate surface area is 86.5 Å². The summed E-state index contributed by atoms with van der Waals surface area (Å²) in [5.74, 6) is -0.939. The second-order valence-electron chi connectivity index (χ2n) is 1.88. The van der Waals surface area contributed by atoms with E-state index in [2.05, 4.69) is 4.98 Å². The Morgan fingerprint density at radius 1 is 1.58 bits per heavy atom. The maximum atomic E-state index is 12.7. The number of halogens is 3. The van der Waals surface area contributed by atoms with Gasteiger partial charge in [-0.3, -0.25) is 0 Å². The Kier molecular flexibility index (Phi) is 2.89. The molecule has 0 saturated carbocycles. The van der Waals surface area contributed by atoms with Gasteiger partial charge in [-0.25, -0.2) is 17.8 Å². The third-order valence-corrected chi connectivity index (χ3v) is 2.98. The molecule has 7 heteroatoms. The summed E-state index contributed by atoms with van der Waals surface area (Å²) in [6.45, 7) is 0. The molecule has 1 aromatic rings. The summed E-state index contributed by atoms with van der Waals surface area (Å²) in [4.78, 5) is 3.00. The lowest BCUT2D eigenvalue weighted by molar-refractivity contribution is 0.570. The van der Waals surface area contributed by atoms with E-state index in [1.54, 1.807) is 22.6 Å². The number of hydrogen-bond donors (Lipinski definition) is 0. The largest absolute Gasteiger partial charge is 0.264 e. The Hall–Kier alpha value is 0.0500. The first-order valence-electron chi connectivity index (χ1n) is 2.67. The predicted molar refractivity (Wildman–Crippen MR) is 50.0 cm³/mol. The number of aromatic nitrogens is 1. The zero-order valence-corrected chi connectivity index (χ0v) is 9.19. The first-order valence-corrected chi connectivity index (χ1v) is 6.06. The Bertz CT molecular complexity index is 408. The third kappa shape index (κ3) is 2.27. The minimum absolute atomic E-state index is 0.369. The molecule has 1 aromatic heterocycles. The lowest BCUT2D eigenvalue weighted by Crippen LogP contribution is -1.97. The van der Waals surface area contributed by atoms with Crippen LogP contribution in [0.4, 0.5) is 4.39 Å². The van der Waals surface area contributed by atoms with E-state index in [1.807, 2.05) is 0 Å². The zero-order valence-electron chi connectivity index (χ0n) is 5.46. The van der Waals surface area contributed by atoms with Gasteiger partial charge in [0.25, 0.3) is 9.05 Å². The summed E-state index contributed by atoms with van der Waals surface area (Å²) in [6, 6.07) is 1.07. The molecule has 0 bridgehead atoms. The average molecular weight is 321 g/mol. The van der Waals surface area contributed by atoms with Gasteiger partial charge in [-0.2, -0.15) is 0 Å². The van der Waals surface area contributed by atoms with Crippen molar-refractivity contribution in [3.63, 3.8) is 0 Å². The summed E-state index contributed by atoms with van der Waals surface area (Å²) in [6.07, 6.45) is 0.817. The van der Waals surface area contributed by atoms with Gasteiger partial charge in [0.1, 0.15) is 8.60 Å². The maximum Gasteiger partial charge on any atom is 0.264 e. The fourth-order valence-corrected chi connectivity index (χ4v) is 2.14. The van der Waals surface area contributed by atoms with Crippen molar-refractivity contribution in [2.45, 2.75) is 4.90 Å². The van der Waals surface area contributed by atoms with Gasteiger partial charge in [-0.05, 0) is 28.7 Å². The summed E-state index contributed by atoms with van der Waals surface area (Å²) >= 11 is 1.76. The van der Waals surface area contributed by atoms with E-state index in [0.717, 1.165) is 12.3 Å². The zero-order chi connectivity index (χ0) is 9.35. The lowest BCUT2D eigenvalue weighted by atomic mass is 10.5. The number of rotatable bonds is 1. The minimum atomic E-state index is -4.00. The van der Waals surface area contributed by atoms with Crippen LogP contribution in [0.25, 0.3) is 0 Å². The Morgan fingerprint density at radius 3 is 2.58 bits per heavy atom. The normalized spacial score (nSPS) is 11.6. The highest BCUT2D eigenvalue weighted by Crippen LogP contribution is 2.19. The van der Waals surface area contributed by atoms with Crippen molar-refractivity contribution in [1.29, 1.82) is 0 Å². The van der Waals surface area contributed by atoms with Crippen LogP contribution in [0.2, 0.25) is 0 Å². The molecule has 0 aliphatic rings. The van der Waals surface area contributed by atoms with Crippen molar-refractivity contribution in [1.82, 2.24) is 4.98 Å². The van der Waals surface area contributed by atoms with E-state index in [1.165, 1.54) is 0 Å². The van der Waals surface area contributed by atoms with Crippen molar-refractivity contribution in [3.8, 4) is 0 Å². The van der Waals surface area contributed by atoms with Gasteiger partial charge in [-0.15, -0.1) is 0 Å². The molecule has 0 aliphatic carbocycles. The van der Waals surface area contributed by atoms with Gasteiger partial charge >= 0.3 is 0 Å². The highest BCUT2D eigenvalue weighted by atomic mass is 127. The van der Waals surface area contributed by atoms with Gasteiger partial charge in [0, 0.05) is 10.7 Å². The van der Waals surface area contributed by atoms with Crippen molar-refractivity contribution in [2.75, 3.05) is 0 Å². The van der Waals surface area contributed by atoms with Crippen LogP contribution in [-0.2, 0) is 9.05 Å². The van der Waals surface area contributed by atoms with Crippen LogP contribution < -0.4 is 0 Å². The summed E-state index contributed by atoms with van der Waals surface area (Å²) in [5.41, 5.74) is 0. The van der Waals surface area contributed by atoms with E-state index in [-0.39, 0.29) is 0 Å². The maximum absolute atomic E-state index is 12.7. The molecule has 0 amide bonds. The molecule has 0 unspecified atom stereocenters. The molecule has 66 valence electrons. The second-order valence-corrected chi connectivity index (χ2v) is 5.51. The molecule has 0 saturated heterocycles. The van der Waals surface area contributed by atoms with Gasteiger partial charge in [0.05, 0.1) is 6.20 Å². The molecule has 12 heavy (non-hydrogen) atoms. The molecule has 0 aliphatic heterocycles. The first-order chi connectivity index (χ1) is 5.41. The van der Waals surface area contributed by atoms with Crippen LogP contribution in [0.5, 0.6) is 0 Å². The average Bonchev–Trinajstić information content (AvgIpc) is 1.92. The summed E-state index contributed by atoms with van der Waals surface area (Å²) < 4.78 is 34.5. The van der Waals surface area contributed by atoms with Crippen LogP contribution in [0.1, 0.15) is 0 Å². The quantitative estimate of drug-likeness (QED) is 0.450. The summed E-state index contributed by atoms with van der Waals surface area (Å²) in [7, 11) is 0.933. The molecule has 0 aromatic carbocycles. The van der Waals surface area contributed by atoms with Crippen molar-refractivity contribution >= 4 is 42.3 Å². The predicted octanol–water partition coefficient (Wildman–Crippen LogP) is 1.75. The fourth-order valence-electron chi connectivity index (χ4n) is 0.583. The van der Waals surface area contributed by atoms with Gasteiger partial charge in [-0.1, -0.05) is 0 Å². The van der Waals surface area contributed by atoms with Crippen LogP contribution in [0.15, 0.2) is 17.2 Å². The molecule has 0 fully saturated rings. The number of pyridine rings is 1. The van der Waals surface area contributed by atoms with E-state index in [9.17, 15) is 12.8 Å². The number of hydrogen-bond acceptors (Lipinski definition) is 3. The van der Waals surface area contributed by atoms with E-state index in [4.69, 9.17) is 10.7 Å². The molecular weight excluding hydrogens is 319 g/mol. The van der Waals surface area contributed by atoms with E-state index >= 15 is 0 Å². The highest BCUT2D eigenvalue weighted by molar-refractivity contribution is 14.1. The molecule has 0 spiro atoms. The van der Waals surface area contributed by atoms with E-state index in [0.29, 0.717) is 3.70 Å². The Balaban J connectivity index is 3.43. The standard InChI is InChI=1S/C5H2ClFINO2S/c6-12(10,11)4-1-5(8)9-2-3(4)7/h1-2H. The van der Waals surface area contributed by atoms with Crippen LogP contribution in [0, 0.1) is 9.52 Å². The van der Waals surface area contributed by atoms with Crippen molar-refractivity contribution in [2.24, 2.45) is 0 Å². The van der Waals surface area contributed by atoms with Gasteiger partial charge in [0.2, 0.25) is 0 Å². The fraction of sp³-hybridized carbons (Fsp3) is 0. The molecule has 1 heterocycles. The molecule has 0 radical (unpaired) electrons. The van der Waals surface area contributed by atoms with Crippen molar-refractivity contribution in [3.05, 3.63) is 21.8 Å². The molecule has 0 N–H and O–H groups in total. The van der Waals surface area contributed by atoms with E-state index < -0.39 is 19.8 Å². The monoisotopic (exact) mass is 321 g/mol. The van der Waals surface area contributed by atoms with Gasteiger partial charge < -0.3 is 0 Å².